The quantitative estimate of drug-likeness (QED) is 0.537. The first kappa shape index (κ1) is 5.89. The average molecular weight is 137 g/mol. The van der Waals surface area contributed by atoms with Gasteiger partial charge in [0.05, 0.1) is 0 Å². The number of aromatic nitrogens is 3. The van der Waals surface area contributed by atoms with Crippen LogP contribution in [-0.4, -0.2) is 14.8 Å². The van der Waals surface area contributed by atoms with Crippen LogP contribution in [0.1, 0.15) is 31.6 Å². The van der Waals surface area contributed by atoms with E-state index in [-0.39, 0.29) is 0 Å². The highest BCUT2D eigenvalue weighted by molar-refractivity contribution is 4.92. The van der Waals surface area contributed by atoms with Crippen molar-refractivity contribution in [3.8, 4) is 0 Å². The highest BCUT2D eigenvalue weighted by Crippen LogP contribution is 2.21. The number of hydrogen-bond acceptors (Lipinski definition) is 2. The van der Waals surface area contributed by atoms with Crippen LogP contribution in [0.4, 0.5) is 0 Å². The molecule has 0 spiro atoms. The number of hydrogen-bond donors (Lipinski definition) is 0. The predicted octanol–water partition coefficient (Wildman–Crippen LogP) is 1.18. The van der Waals surface area contributed by atoms with Gasteiger partial charge in [0, 0.05) is 12.5 Å². The maximum atomic E-state index is 4.02. The Bertz CT molecular complexity index is 229. The van der Waals surface area contributed by atoms with Crippen LogP contribution < -0.4 is 0 Å². The normalized spacial score (nSPS) is 24.3. The highest BCUT2D eigenvalue weighted by atomic mass is 15.3. The van der Waals surface area contributed by atoms with E-state index in [9.17, 15) is 0 Å². The number of fused-ring (bicyclic) bond motifs is 1. The summed E-state index contributed by atoms with van der Waals surface area (Å²) >= 11 is 0. The van der Waals surface area contributed by atoms with Gasteiger partial charge in [-0.25, -0.2) is 0 Å². The maximum Gasteiger partial charge on any atom is 0.133 e. The van der Waals surface area contributed by atoms with Crippen LogP contribution in [0.2, 0.25) is 0 Å². The fourth-order valence-electron chi connectivity index (χ4n) is 1.51. The summed E-state index contributed by atoms with van der Waals surface area (Å²) in [5, 5.41) is 7.89. The van der Waals surface area contributed by atoms with Gasteiger partial charge in [-0.1, -0.05) is 0 Å². The summed E-state index contributed by atoms with van der Waals surface area (Å²) in [4.78, 5) is 0. The zero-order valence-corrected chi connectivity index (χ0v) is 6.12. The Labute approximate surface area is 60.1 Å². The SMILES string of the molecule is CC1CCCc2nncn21. The Morgan fingerprint density at radius 1 is 1.70 bits per heavy atom. The van der Waals surface area contributed by atoms with E-state index in [4.69, 9.17) is 0 Å². The van der Waals surface area contributed by atoms with Gasteiger partial charge in [0.15, 0.2) is 0 Å². The number of aryl methyl sites for hydroxylation is 1. The van der Waals surface area contributed by atoms with Crippen molar-refractivity contribution in [2.75, 3.05) is 0 Å². The van der Waals surface area contributed by atoms with E-state index in [1.165, 1.54) is 12.8 Å². The van der Waals surface area contributed by atoms with Gasteiger partial charge in [-0.2, -0.15) is 0 Å². The monoisotopic (exact) mass is 137 g/mol. The molecule has 1 atom stereocenters. The molecular formula is C7H11N3. The van der Waals surface area contributed by atoms with Gasteiger partial charge in [0.2, 0.25) is 0 Å². The van der Waals surface area contributed by atoms with Crippen molar-refractivity contribution in [3.63, 3.8) is 0 Å². The molecule has 1 aromatic heterocycles. The lowest BCUT2D eigenvalue weighted by Gasteiger charge is -2.19. The average Bonchev–Trinajstić information content (AvgIpc) is 2.36. The summed E-state index contributed by atoms with van der Waals surface area (Å²) in [5.41, 5.74) is 0. The summed E-state index contributed by atoms with van der Waals surface area (Å²) in [5.74, 6) is 1.15. The van der Waals surface area contributed by atoms with E-state index >= 15 is 0 Å². The van der Waals surface area contributed by atoms with Gasteiger partial charge in [-0.05, 0) is 19.8 Å². The van der Waals surface area contributed by atoms with Crippen molar-refractivity contribution in [2.45, 2.75) is 32.2 Å². The van der Waals surface area contributed by atoms with Crippen LogP contribution in [0.5, 0.6) is 0 Å². The van der Waals surface area contributed by atoms with Gasteiger partial charge in [-0.3, -0.25) is 0 Å². The second-order valence-corrected chi connectivity index (χ2v) is 2.90. The first-order valence-corrected chi connectivity index (χ1v) is 3.76. The molecule has 0 fully saturated rings. The molecule has 0 N–H and O–H groups in total. The number of nitrogens with zero attached hydrogens (tertiary/aromatic N) is 3. The molecule has 1 aromatic rings. The predicted molar refractivity (Wildman–Crippen MR) is 37.7 cm³/mol. The van der Waals surface area contributed by atoms with Gasteiger partial charge in [-0.15, -0.1) is 10.2 Å². The van der Waals surface area contributed by atoms with E-state index in [0.29, 0.717) is 6.04 Å². The van der Waals surface area contributed by atoms with Gasteiger partial charge < -0.3 is 4.57 Å². The third-order valence-corrected chi connectivity index (χ3v) is 2.14. The molecule has 0 aliphatic carbocycles. The van der Waals surface area contributed by atoms with Crippen molar-refractivity contribution in [2.24, 2.45) is 0 Å². The van der Waals surface area contributed by atoms with Crippen molar-refractivity contribution < 1.29 is 0 Å². The second kappa shape index (κ2) is 2.08. The largest absolute Gasteiger partial charge is 0.315 e. The Balaban J connectivity index is 2.41. The molecule has 1 unspecified atom stereocenters. The van der Waals surface area contributed by atoms with Crippen LogP contribution >= 0.6 is 0 Å². The van der Waals surface area contributed by atoms with Crippen LogP contribution in [0.15, 0.2) is 6.33 Å². The Kier molecular flexibility index (Phi) is 1.22. The summed E-state index contributed by atoms with van der Waals surface area (Å²) in [7, 11) is 0. The Morgan fingerprint density at radius 2 is 2.60 bits per heavy atom. The van der Waals surface area contributed by atoms with Gasteiger partial charge in [0.1, 0.15) is 12.2 Å². The molecule has 10 heavy (non-hydrogen) atoms. The molecule has 0 aromatic carbocycles. The first-order chi connectivity index (χ1) is 4.88. The Hall–Kier alpha value is -0.860. The van der Waals surface area contributed by atoms with Crippen LogP contribution in [0.3, 0.4) is 0 Å². The smallest absolute Gasteiger partial charge is 0.133 e. The topological polar surface area (TPSA) is 30.7 Å². The molecule has 54 valence electrons. The van der Waals surface area contributed by atoms with Crippen molar-refractivity contribution in [1.82, 2.24) is 14.8 Å². The molecule has 0 amide bonds. The molecule has 0 saturated carbocycles. The molecule has 2 heterocycles. The van der Waals surface area contributed by atoms with E-state index in [2.05, 4.69) is 21.7 Å². The van der Waals surface area contributed by atoms with Crippen molar-refractivity contribution >= 4 is 0 Å². The van der Waals surface area contributed by atoms with E-state index < -0.39 is 0 Å². The van der Waals surface area contributed by atoms with E-state index in [1.54, 1.807) is 0 Å². The third-order valence-electron chi connectivity index (χ3n) is 2.14. The van der Waals surface area contributed by atoms with Gasteiger partial charge >= 0.3 is 0 Å². The molecule has 0 radical (unpaired) electrons. The lowest BCUT2D eigenvalue weighted by atomic mass is 10.1. The van der Waals surface area contributed by atoms with E-state index in [0.717, 1.165) is 12.2 Å². The lowest BCUT2D eigenvalue weighted by molar-refractivity contribution is 0.425. The van der Waals surface area contributed by atoms with Crippen LogP contribution in [0, 0.1) is 0 Å². The molecule has 0 saturated heterocycles. The standard InChI is InChI=1S/C7H11N3/c1-6-3-2-4-7-9-8-5-10(6)7/h5-6H,2-4H2,1H3. The molecule has 3 heteroatoms. The zero-order chi connectivity index (χ0) is 6.97. The first-order valence-electron chi connectivity index (χ1n) is 3.76. The lowest BCUT2D eigenvalue weighted by Crippen LogP contribution is -2.14. The summed E-state index contributed by atoms with van der Waals surface area (Å²) in [6, 6.07) is 0.610. The molecule has 1 aliphatic heterocycles. The molecule has 2 rings (SSSR count). The molecule has 1 aliphatic rings. The fourth-order valence-corrected chi connectivity index (χ4v) is 1.51. The van der Waals surface area contributed by atoms with Crippen molar-refractivity contribution in [3.05, 3.63) is 12.2 Å². The summed E-state index contributed by atoms with van der Waals surface area (Å²) in [6.07, 6.45) is 5.47. The van der Waals surface area contributed by atoms with Crippen LogP contribution in [-0.2, 0) is 6.42 Å². The van der Waals surface area contributed by atoms with Crippen LogP contribution in [0.25, 0.3) is 0 Å². The van der Waals surface area contributed by atoms with Crippen molar-refractivity contribution in [1.29, 1.82) is 0 Å². The minimum Gasteiger partial charge on any atom is -0.315 e. The fraction of sp³-hybridized carbons (Fsp3) is 0.714. The minimum atomic E-state index is 0.610. The number of rotatable bonds is 0. The third kappa shape index (κ3) is 0.735. The highest BCUT2D eigenvalue weighted by Gasteiger charge is 2.15. The summed E-state index contributed by atoms with van der Waals surface area (Å²) < 4.78 is 2.17. The summed E-state index contributed by atoms with van der Waals surface area (Å²) in [6.45, 7) is 2.21. The Morgan fingerprint density at radius 3 is 3.40 bits per heavy atom. The molecule has 3 nitrogen and oxygen atoms in total. The van der Waals surface area contributed by atoms with E-state index in [1.807, 2.05) is 6.33 Å². The second-order valence-electron chi connectivity index (χ2n) is 2.90. The zero-order valence-electron chi connectivity index (χ0n) is 6.12. The minimum absolute atomic E-state index is 0.610. The maximum absolute atomic E-state index is 4.02. The molecular weight excluding hydrogens is 126 g/mol. The molecule has 0 bridgehead atoms. The van der Waals surface area contributed by atoms with Gasteiger partial charge in [0.25, 0.3) is 0 Å².